The van der Waals surface area contributed by atoms with Crippen molar-refractivity contribution >= 4 is 22.8 Å². The van der Waals surface area contributed by atoms with Crippen LogP contribution in [0.1, 0.15) is 12.5 Å². The second-order valence-corrected chi connectivity index (χ2v) is 4.43. The summed E-state index contributed by atoms with van der Waals surface area (Å²) in [6.45, 7) is 1.41. The molecule has 0 saturated carbocycles. The van der Waals surface area contributed by atoms with Crippen LogP contribution in [0.25, 0.3) is 11.0 Å². The third kappa shape index (κ3) is 2.90. The Labute approximate surface area is 115 Å². The molecule has 0 aliphatic rings. The molecule has 6 heteroatoms. The number of carbonyl (C=O) groups excluding carboxylic acids is 1. The van der Waals surface area contributed by atoms with Crippen LogP contribution in [0.3, 0.4) is 0 Å². The number of hydrogen-bond acceptors (Lipinski definition) is 4. The molecule has 1 aromatic heterocycles. The molecule has 2 rings (SSSR count). The number of rotatable bonds is 5. The van der Waals surface area contributed by atoms with Crippen molar-refractivity contribution < 1.29 is 23.8 Å². The molecule has 1 unspecified atom stereocenters. The summed E-state index contributed by atoms with van der Waals surface area (Å²) in [4.78, 5) is 22.5. The molecule has 0 aliphatic carbocycles. The lowest BCUT2D eigenvalue weighted by Gasteiger charge is -2.08. The first-order valence-electron chi connectivity index (χ1n) is 6.07. The minimum atomic E-state index is -1.07. The predicted octanol–water partition coefficient (Wildman–Crippen LogP) is 1.57. The molecular formula is C14H15NO5. The number of methoxy groups -OCH3 is 1. The lowest BCUT2D eigenvalue weighted by molar-refractivity contribution is -0.141. The van der Waals surface area contributed by atoms with E-state index in [1.807, 2.05) is 0 Å². The lowest BCUT2D eigenvalue weighted by Crippen LogP contribution is -2.39. The Hall–Kier alpha value is -2.50. The number of fused-ring (bicyclic) bond motifs is 1. The monoisotopic (exact) mass is 277 g/mol. The van der Waals surface area contributed by atoms with Crippen molar-refractivity contribution in [3.05, 3.63) is 30.0 Å². The second kappa shape index (κ2) is 5.64. The van der Waals surface area contributed by atoms with Crippen LogP contribution >= 0.6 is 0 Å². The fraction of sp³-hybridized carbons (Fsp3) is 0.286. The number of carboxylic acid groups (broad SMARTS) is 1. The first-order valence-corrected chi connectivity index (χ1v) is 6.07. The van der Waals surface area contributed by atoms with Crippen molar-refractivity contribution in [2.75, 3.05) is 7.11 Å². The maximum atomic E-state index is 11.8. The molecule has 6 nitrogen and oxygen atoms in total. The third-order valence-electron chi connectivity index (χ3n) is 2.96. The van der Waals surface area contributed by atoms with E-state index in [2.05, 4.69) is 5.32 Å². The van der Waals surface area contributed by atoms with E-state index in [1.54, 1.807) is 25.3 Å². The van der Waals surface area contributed by atoms with Crippen LogP contribution < -0.4 is 10.1 Å². The van der Waals surface area contributed by atoms with Crippen LogP contribution in [-0.4, -0.2) is 30.1 Å². The van der Waals surface area contributed by atoms with E-state index in [-0.39, 0.29) is 12.3 Å². The molecule has 0 aliphatic heterocycles. The van der Waals surface area contributed by atoms with Gasteiger partial charge in [0.05, 0.1) is 19.8 Å². The fourth-order valence-corrected chi connectivity index (χ4v) is 1.85. The van der Waals surface area contributed by atoms with Gasteiger partial charge in [-0.25, -0.2) is 0 Å². The zero-order valence-electron chi connectivity index (χ0n) is 11.2. The van der Waals surface area contributed by atoms with Gasteiger partial charge in [0.15, 0.2) is 0 Å². The number of carbonyl (C=O) groups is 2. The van der Waals surface area contributed by atoms with Crippen molar-refractivity contribution in [2.24, 2.45) is 0 Å². The van der Waals surface area contributed by atoms with E-state index in [4.69, 9.17) is 14.3 Å². The Morgan fingerprint density at radius 1 is 1.45 bits per heavy atom. The van der Waals surface area contributed by atoms with Crippen LogP contribution in [0, 0.1) is 0 Å². The van der Waals surface area contributed by atoms with Gasteiger partial charge in [0, 0.05) is 10.9 Å². The molecule has 20 heavy (non-hydrogen) atoms. The summed E-state index contributed by atoms with van der Waals surface area (Å²) in [5, 5.41) is 11.9. The highest BCUT2D eigenvalue weighted by Crippen LogP contribution is 2.26. The van der Waals surface area contributed by atoms with E-state index in [0.29, 0.717) is 16.9 Å². The Kier molecular flexibility index (Phi) is 3.93. The maximum Gasteiger partial charge on any atom is 0.325 e. The standard InChI is InChI=1S/C14H15NO5/c1-8(14(17)18)15-13(16)5-9-7-20-12-4-3-10(19-2)6-11(9)12/h3-4,6-8H,5H2,1-2H3,(H,15,16)(H,17,18). The van der Waals surface area contributed by atoms with Gasteiger partial charge >= 0.3 is 5.97 Å². The normalized spacial score (nSPS) is 12.1. The molecular weight excluding hydrogens is 262 g/mol. The highest BCUT2D eigenvalue weighted by Gasteiger charge is 2.16. The first kappa shape index (κ1) is 13.9. The highest BCUT2D eigenvalue weighted by molar-refractivity contribution is 5.90. The molecule has 0 fully saturated rings. The SMILES string of the molecule is COc1ccc2occ(CC(=O)NC(C)C(=O)O)c2c1. The predicted molar refractivity (Wildman–Crippen MR) is 71.7 cm³/mol. The molecule has 0 saturated heterocycles. The molecule has 1 aromatic carbocycles. The third-order valence-corrected chi connectivity index (χ3v) is 2.96. The number of nitrogens with one attached hydrogen (secondary N) is 1. The average Bonchev–Trinajstić information content (AvgIpc) is 2.80. The van der Waals surface area contributed by atoms with Crippen LogP contribution in [0.2, 0.25) is 0 Å². The Morgan fingerprint density at radius 3 is 2.85 bits per heavy atom. The maximum absolute atomic E-state index is 11.8. The van der Waals surface area contributed by atoms with Gasteiger partial charge in [0.1, 0.15) is 17.4 Å². The zero-order valence-corrected chi connectivity index (χ0v) is 11.2. The summed E-state index contributed by atoms with van der Waals surface area (Å²) in [7, 11) is 1.56. The van der Waals surface area contributed by atoms with Crippen LogP contribution in [-0.2, 0) is 16.0 Å². The summed E-state index contributed by atoms with van der Waals surface area (Å²) in [5.74, 6) is -0.776. The minimum Gasteiger partial charge on any atom is -0.497 e. The van der Waals surface area contributed by atoms with Crippen molar-refractivity contribution in [3.8, 4) is 5.75 Å². The molecule has 0 bridgehead atoms. The fourth-order valence-electron chi connectivity index (χ4n) is 1.85. The number of amides is 1. The van der Waals surface area contributed by atoms with Crippen molar-refractivity contribution in [3.63, 3.8) is 0 Å². The van der Waals surface area contributed by atoms with E-state index in [1.165, 1.54) is 13.2 Å². The largest absolute Gasteiger partial charge is 0.497 e. The lowest BCUT2D eigenvalue weighted by atomic mass is 10.1. The molecule has 1 atom stereocenters. The summed E-state index contributed by atoms with van der Waals surface area (Å²) < 4.78 is 10.5. The molecule has 0 radical (unpaired) electrons. The number of hydrogen-bond donors (Lipinski definition) is 2. The summed E-state index contributed by atoms with van der Waals surface area (Å²) >= 11 is 0. The molecule has 2 aromatic rings. The molecule has 1 amide bonds. The Morgan fingerprint density at radius 2 is 2.20 bits per heavy atom. The summed E-state index contributed by atoms with van der Waals surface area (Å²) in [6, 6.07) is 4.38. The van der Waals surface area contributed by atoms with Gasteiger partial charge < -0.3 is 19.6 Å². The van der Waals surface area contributed by atoms with Gasteiger partial charge in [-0.05, 0) is 25.1 Å². The molecule has 2 N–H and O–H groups in total. The number of aliphatic carboxylic acids is 1. The zero-order chi connectivity index (χ0) is 14.7. The number of carboxylic acids is 1. The van der Waals surface area contributed by atoms with Crippen molar-refractivity contribution in [1.29, 1.82) is 0 Å². The quantitative estimate of drug-likeness (QED) is 0.866. The Balaban J connectivity index is 2.17. The van der Waals surface area contributed by atoms with E-state index >= 15 is 0 Å². The first-order chi connectivity index (χ1) is 9.51. The van der Waals surface area contributed by atoms with Crippen molar-refractivity contribution in [1.82, 2.24) is 5.32 Å². The van der Waals surface area contributed by atoms with Gasteiger partial charge in [-0.3, -0.25) is 9.59 Å². The van der Waals surface area contributed by atoms with Crippen LogP contribution in [0.5, 0.6) is 5.75 Å². The highest BCUT2D eigenvalue weighted by atomic mass is 16.5. The minimum absolute atomic E-state index is 0.0534. The van der Waals surface area contributed by atoms with Gasteiger partial charge in [0.25, 0.3) is 0 Å². The Bertz CT molecular complexity index is 646. The second-order valence-electron chi connectivity index (χ2n) is 4.43. The topological polar surface area (TPSA) is 88.8 Å². The van der Waals surface area contributed by atoms with Gasteiger partial charge in [-0.15, -0.1) is 0 Å². The van der Waals surface area contributed by atoms with E-state index in [0.717, 1.165) is 5.39 Å². The van der Waals surface area contributed by atoms with Crippen LogP contribution in [0.4, 0.5) is 0 Å². The van der Waals surface area contributed by atoms with Crippen molar-refractivity contribution in [2.45, 2.75) is 19.4 Å². The molecule has 106 valence electrons. The van der Waals surface area contributed by atoms with Crippen LogP contribution in [0.15, 0.2) is 28.9 Å². The summed E-state index contributed by atoms with van der Waals surface area (Å²) in [5.41, 5.74) is 1.34. The average molecular weight is 277 g/mol. The summed E-state index contributed by atoms with van der Waals surface area (Å²) in [6.07, 6.45) is 1.55. The smallest absolute Gasteiger partial charge is 0.325 e. The van der Waals surface area contributed by atoms with E-state index in [9.17, 15) is 9.59 Å². The number of benzene rings is 1. The molecule has 1 heterocycles. The van der Waals surface area contributed by atoms with E-state index < -0.39 is 12.0 Å². The van der Waals surface area contributed by atoms with Gasteiger partial charge in [0.2, 0.25) is 5.91 Å². The van der Waals surface area contributed by atoms with Gasteiger partial charge in [-0.1, -0.05) is 0 Å². The van der Waals surface area contributed by atoms with Gasteiger partial charge in [-0.2, -0.15) is 0 Å². The molecule has 0 spiro atoms. The number of furan rings is 1. The number of ether oxygens (including phenoxy) is 1.